The summed E-state index contributed by atoms with van der Waals surface area (Å²) in [6, 6.07) is 14.6. The largest absolute Gasteiger partial charge is 0.274 e. The molecule has 2 aromatic heterocycles. The number of hydrogen-bond acceptors (Lipinski definition) is 5. The number of hydrazine groups is 1. The normalized spacial score (nSPS) is 22.9. The van der Waals surface area contributed by atoms with Crippen LogP contribution in [0.4, 0.5) is 0 Å². The molecule has 2 aliphatic carbocycles. The quantitative estimate of drug-likeness (QED) is 0.557. The van der Waals surface area contributed by atoms with E-state index in [-0.39, 0.29) is 12.0 Å². The lowest BCUT2D eigenvalue weighted by atomic mass is 9.83. The molecule has 1 saturated heterocycles. The van der Waals surface area contributed by atoms with Gasteiger partial charge in [0.15, 0.2) is 5.82 Å². The van der Waals surface area contributed by atoms with Crippen LogP contribution in [0.1, 0.15) is 61.4 Å². The van der Waals surface area contributed by atoms with E-state index in [9.17, 15) is 4.79 Å². The molecule has 0 bridgehead atoms. The first kappa shape index (κ1) is 21.4. The van der Waals surface area contributed by atoms with E-state index in [2.05, 4.69) is 44.3 Å². The summed E-state index contributed by atoms with van der Waals surface area (Å²) in [5.41, 5.74) is 4.64. The first-order chi connectivity index (χ1) is 16.8. The molecule has 3 heterocycles. The highest BCUT2D eigenvalue weighted by molar-refractivity contribution is 5.79. The van der Waals surface area contributed by atoms with Gasteiger partial charge in [-0.1, -0.05) is 43.5 Å². The van der Waals surface area contributed by atoms with Gasteiger partial charge in [-0.3, -0.25) is 14.8 Å². The molecule has 2 atom stereocenters. The number of nitrogens with zero attached hydrogens (tertiary/aromatic N) is 5. The van der Waals surface area contributed by atoms with Gasteiger partial charge in [-0.2, -0.15) is 0 Å². The molecule has 34 heavy (non-hydrogen) atoms. The highest BCUT2D eigenvalue weighted by atomic mass is 16.2. The predicted octanol–water partition coefficient (Wildman–Crippen LogP) is 4.98. The van der Waals surface area contributed by atoms with Crippen molar-refractivity contribution in [2.75, 3.05) is 6.54 Å². The number of fused-ring (bicyclic) bond motifs is 3. The van der Waals surface area contributed by atoms with Crippen molar-refractivity contribution in [3.63, 3.8) is 0 Å². The lowest BCUT2D eigenvalue weighted by Gasteiger charge is -2.36. The Hall–Kier alpha value is -3.12. The molecule has 174 valence electrons. The van der Waals surface area contributed by atoms with E-state index < -0.39 is 0 Å². The van der Waals surface area contributed by atoms with E-state index in [0.717, 1.165) is 54.9 Å². The molecule has 6 rings (SSSR count). The van der Waals surface area contributed by atoms with Gasteiger partial charge >= 0.3 is 0 Å². The van der Waals surface area contributed by atoms with Crippen LogP contribution in [0, 0.1) is 11.8 Å². The van der Waals surface area contributed by atoms with Gasteiger partial charge in [-0.05, 0) is 55.0 Å². The van der Waals surface area contributed by atoms with Crippen molar-refractivity contribution in [1.82, 2.24) is 25.0 Å². The van der Waals surface area contributed by atoms with Crippen LogP contribution in [-0.2, 0) is 17.8 Å². The predicted molar refractivity (Wildman–Crippen MR) is 130 cm³/mol. The Balaban J connectivity index is 1.35. The number of aromatic nitrogens is 3. The number of hydrogen-bond donors (Lipinski definition) is 0. The number of benzene rings is 1. The van der Waals surface area contributed by atoms with Gasteiger partial charge in [0.05, 0.1) is 11.7 Å². The zero-order valence-electron chi connectivity index (χ0n) is 19.5. The molecule has 1 amide bonds. The average Bonchev–Trinajstić information content (AvgIpc) is 3.28. The zero-order valence-corrected chi connectivity index (χ0v) is 19.5. The number of rotatable bonds is 4. The highest BCUT2D eigenvalue weighted by Crippen LogP contribution is 2.45. The van der Waals surface area contributed by atoms with Gasteiger partial charge in [0.2, 0.25) is 5.91 Å². The Labute approximate surface area is 201 Å². The summed E-state index contributed by atoms with van der Waals surface area (Å²) in [6.45, 7) is 1.48. The zero-order chi connectivity index (χ0) is 22.9. The van der Waals surface area contributed by atoms with Crippen LogP contribution in [0.2, 0.25) is 0 Å². The summed E-state index contributed by atoms with van der Waals surface area (Å²) < 4.78 is 0. The molecule has 1 aliphatic heterocycles. The van der Waals surface area contributed by atoms with Gasteiger partial charge in [-0.25, -0.2) is 15.0 Å². The standard InChI is InChI=1S/C28H31N5O/c34-28(22-8-2-1-3-9-22)33-19-24-13-12-21-11-5-14-29-25(21)26(24)32(33)18-20-7-4-10-23(17-20)27-30-15-6-16-31-27/h4-7,10-11,14-17,22,24,26H,1-3,8-9,12-13,18-19H2/t24-,26+/m0/s1. The van der Waals surface area contributed by atoms with Crippen LogP contribution in [0.15, 0.2) is 61.1 Å². The molecule has 6 nitrogen and oxygen atoms in total. The maximum atomic E-state index is 13.8. The third kappa shape index (κ3) is 4.00. The van der Waals surface area contributed by atoms with E-state index in [4.69, 9.17) is 4.98 Å². The second-order valence-electron chi connectivity index (χ2n) is 9.92. The summed E-state index contributed by atoms with van der Waals surface area (Å²) in [6.07, 6.45) is 13.2. The number of amides is 1. The first-order valence-corrected chi connectivity index (χ1v) is 12.7. The summed E-state index contributed by atoms with van der Waals surface area (Å²) in [7, 11) is 0. The van der Waals surface area contributed by atoms with Crippen LogP contribution in [0.3, 0.4) is 0 Å². The lowest BCUT2D eigenvalue weighted by molar-refractivity contribution is -0.153. The number of carbonyl (C=O) groups is 1. The first-order valence-electron chi connectivity index (χ1n) is 12.7. The van der Waals surface area contributed by atoms with Gasteiger partial charge in [0, 0.05) is 49.1 Å². The fourth-order valence-electron chi connectivity index (χ4n) is 6.11. The molecule has 0 unspecified atom stereocenters. The fraction of sp³-hybridized carbons (Fsp3) is 0.429. The van der Waals surface area contributed by atoms with E-state index in [1.807, 2.05) is 24.4 Å². The van der Waals surface area contributed by atoms with Crippen molar-refractivity contribution in [2.45, 2.75) is 57.5 Å². The highest BCUT2D eigenvalue weighted by Gasteiger charge is 2.47. The van der Waals surface area contributed by atoms with Crippen LogP contribution in [-0.4, -0.2) is 37.4 Å². The van der Waals surface area contributed by atoms with Crippen LogP contribution < -0.4 is 0 Å². The van der Waals surface area contributed by atoms with E-state index in [0.29, 0.717) is 18.4 Å². The topological polar surface area (TPSA) is 62.2 Å². The SMILES string of the molecule is O=C(C1CCCCC1)N1C[C@@H]2CCc3cccnc3[C@@H]2N1Cc1cccc(-c2ncccn2)c1. The summed E-state index contributed by atoms with van der Waals surface area (Å²) in [5, 5.41) is 4.43. The van der Waals surface area contributed by atoms with Crippen molar-refractivity contribution in [1.29, 1.82) is 0 Å². The van der Waals surface area contributed by atoms with Crippen LogP contribution in [0.25, 0.3) is 11.4 Å². The fourth-order valence-corrected chi connectivity index (χ4v) is 6.11. The second kappa shape index (κ2) is 9.26. The molecule has 2 fully saturated rings. The minimum Gasteiger partial charge on any atom is -0.274 e. The molecular formula is C28H31N5O. The molecule has 6 heteroatoms. The molecule has 3 aliphatic rings. The van der Waals surface area contributed by atoms with Crippen molar-refractivity contribution in [2.24, 2.45) is 11.8 Å². The minimum atomic E-state index is 0.147. The summed E-state index contributed by atoms with van der Waals surface area (Å²) in [5.74, 6) is 1.62. The summed E-state index contributed by atoms with van der Waals surface area (Å²) >= 11 is 0. The van der Waals surface area contributed by atoms with E-state index >= 15 is 0 Å². The Kier molecular flexibility index (Phi) is 5.83. The molecule has 0 N–H and O–H groups in total. The number of aryl methyl sites for hydroxylation is 1. The molecule has 0 radical (unpaired) electrons. The smallest absolute Gasteiger partial charge is 0.240 e. The van der Waals surface area contributed by atoms with Gasteiger partial charge in [0.25, 0.3) is 0 Å². The molecule has 0 spiro atoms. The number of carbonyl (C=O) groups excluding carboxylic acids is 1. The third-order valence-electron chi connectivity index (χ3n) is 7.78. The Morgan fingerprint density at radius 2 is 1.74 bits per heavy atom. The second-order valence-corrected chi connectivity index (χ2v) is 9.92. The maximum Gasteiger partial charge on any atom is 0.240 e. The van der Waals surface area contributed by atoms with Gasteiger partial charge in [0.1, 0.15) is 0 Å². The Bertz CT molecular complexity index is 1160. The van der Waals surface area contributed by atoms with Crippen molar-refractivity contribution < 1.29 is 4.79 Å². The molecular weight excluding hydrogens is 422 g/mol. The molecule has 1 saturated carbocycles. The van der Waals surface area contributed by atoms with Crippen LogP contribution >= 0.6 is 0 Å². The molecule has 3 aromatic rings. The monoisotopic (exact) mass is 453 g/mol. The lowest BCUT2D eigenvalue weighted by Crippen LogP contribution is -2.45. The van der Waals surface area contributed by atoms with Gasteiger partial charge in [-0.15, -0.1) is 0 Å². The summed E-state index contributed by atoms with van der Waals surface area (Å²) in [4.78, 5) is 27.5. The number of pyridine rings is 1. The maximum absolute atomic E-state index is 13.8. The van der Waals surface area contributed by atoms with Crippen molar-refractivity contribution in [3.05, 3.63) is 77.9 Å². The van der Waals surface area contributed by atoms with Crippen molar-refractivity contribution in [3.8, 4) is 11.4 Å². The Morgan fingerprint density at radius 1 is 0.912 bits per heavy atom. The third-order valence-corrected chi connectivity index (χ3v) is 7.78. The molecule has 1 aromatic carbocycles. The average molecular weight is 454 g/mol. The van der Waals surface area contributed by atoms with Crippen LogP contribution in [0.5, 0.6) is 0 Å². The van der Waals surface area contributed by atoms with Crippen molar-refractivity contribution >= 4 is 5.91 Å². The minimum absolute atomic E-state index is 0.147. The van der Waals surface area contributed by atoms with E-state index in [1.54, 1.807) is 12.4 Å². The Morgan fingerprint density at radius 3 is 2.59 bits per heavy atom. The van der Waals surface area contributed by atoms with E-state index in [1.165, 1.54) is 24.8 Å². The van der Waals surface area contributed by atoms with Gasteiger partial charge < -0.3 is 0 Å².